The molecule has 0 aliphatic carbocycles. The highest BCUT2D eigenvalue weighted by Gasteiger charge is 2.30. The molecule has 1 aromatic rings. The number of carboxylic acid groups (broad SMARTS) is 1. The third-order valence-electron chi connectivity index (χ3n) is 5.14. The Morgan fingerprint density at radius 3 is 1.97 bits per heavy atom. The normalized spacial score (nSPS) is 13.7. The van der Waals surface area contributed by atoms with Gasteiger partial charge in [-0.3, -0.25) is 24.2 Å². The van der Waals surface area contributed by atoms with Gasteiger partial charge in [-0.1, -0.05) is 12.1 Å². The Morgan fingerprint density at radius 1 is 0.895 bits per heavy atom. The summed E-state index contributed by atoms with van der Waals surface area (Å²) in [7, 11) is 0. The predicted octanol–water partition coefficient (Wildman–Crippen LogP) is -3.34. The third-order valence-corrected chi connectivity index (χ3v) is 5.51. The molecule has 0 fully saturated rings. The smallest absolute Gasteiger partial charge is 0.327 e. The highest BCUT2D eigenvalue weighted by molar-refractivity contribution is 7.80. The summed E-state index contributed by atoms with van der Waals surface area (Å²) < 4.78 is 0. The SMILES string of the molecule is NC(=O)CC(N)C(=O)NC(Cc1ccc(O)cc1)C(=O)NC(CCCN=C(N)N)C(=O)NC(CS)C(=O)O. The number of aromatic hydroxyl groups is 1. The summed E-state index contributed by atoms with van der Waals surface area (Å²) in [6, 6.07) is 0.679. The fourth-order valence-corrected chi connectivity index (χ4v) is 3.42. The molecule has 0 saturated heterocycles. The molecule has 4 amide bonds. The van der Waals surface area contributed by atoms with Crippen molar-refractivity contribution in [1.82, 2.24) is 16.0 Å². The number of aliphatic imine (C=N–C) groups is 1. The van der Waals surface area contributed by atoms with Gasteiger partial charge in [0.15, 0.2) is 5.96 Å². The number of primary amides is 1. The largest absolute Gasteiger partial charge is 0.508 e. The van der Waals surface area contributed by atoms with Crippen LogP contribution in [0.15, 0.2) is 29.3 Å². The number of benzene rings is 1. The van der Waals surface area contributed by atoms with Crippen molar-refractivity contribution < 1.29 is 34.2 Å². The van der Waals surface area contributed by atoms with Gasteiger partial charge < -0.3 is 49.1 Å². The number of carbonyl (C=O) groups is 5. The summed E-state index contributed by atoms with van der Waals surface area (Å²) in [6.45, 7) is 0.132. The maximum absolute atomic E-state index is 13.3. The number of hydrogen-bond acceptors (Lipinski definition) is 9. The molecule has 4 atom stereocenters. The van der Waals surface area contributed by atoms with E-state index >= 15 is 0 Å². The first kappa shape index (κ1) is 32.0. The highest BCUT2D eigenvalue weighted by Crippen LogP contribution is 2.12. The molecule has 16 heteroatoms. The van der Waals surface area contributed by atoms with E-state index in [1.54, 1.807) is 0 Å². The number of nitrogens with one attached hydrogen (secondary N) is 3. The summed E-state index contributed by atoms with van der Waals surface area (Å²) in [6.07, 6.45) is -0.269. The van der Waals surface area contributed by atoms with Crippen molar-refractivity contribution in [3.05, 3.63) is 29.8 Å². The summed E-state index contributed by atoms with van der Waals surface area (Å²) in [4.78, 5) is 64.9. The molecular weight excluding hydrogens is 520 g/mol. The molecule has 0 aromatic heterocycles. The van der Waals surface area contributed by atoms with Crippen molar-refractivity contribution in [3.63, 3.8) is 0 Å². The van der Waals surface area contributed by atoms with Gasteiger partial charge in [0.2, 0.25) is 23.6 Å². The van der Waals surface area contributed by atoms with Crippen molar-refractivity contribution in [2.45, 2.75) is 49.9 Å². The van der Waals surface area contributed by atoms with E-state index < -0.39 is 60.2 Å². The number of guanidine groups is 1. The van der Waals surface area contributed by atoms with Crippen LogP contribution in [0.1, 0.15) is 24.8 Å². The Bertz CT molecular complexity index is 1020. The van der Waals surface area contributed by atoms with Crippen LogP contribution in [0.3, 0.4) is 0 Å². The third kappa shape index (κ3) is 11.8. The van der Waals surface area contributed by atoms with E-state index in [1.165, 1.54) is 24.3 Å². The number of amides is 4. The van der Waals surface area contributed by atoms with Crippen LogP contribution in [0.2, 0.25) is 0 Å². The number of aliphatic carboxylic acids is 1. The number of phenols is 1. The Kier molecular flexibility index (Phi) is 13.4. The standard InChI is InChI=1S/C22H34N8O7S/c23-13(9-17(24)32)18(33)29-15(8-11-3-5-12(31)6-4-11)20(35)28-14(2-1-7-27-22(25)26)19(34)30-16(10-38)21(36)37/h3-6,13-16,31,38H,1-2,7-10,23H2,(H2,24,32)(H,28,35)(H,29,33)(H,30,34)(H,36,37)(H4,25,26,27). The van der Waals surface area contributed by atoms with Crippen molar-refractivity contribution in [2.75, 3.05) is 12.3 Å². The van der Waals surface area contributed by atoms with Gasteiger partial charge in [0, 0.05) is 18.7 Å². The molecule has 15 nitrogen and oxygen atoms in total. The second-order valence-electron chi connectivity index (χ2n) is 8.30. The average molecular weight is 555 g/mol. The topological polar surface area (TPSA) is 278 Å². The first-order chi connectivity index (χ1) is 17.8. The van der Waals surface area contributed by atoms with Gasteiger partial charge in [-0.25, -0.2) is 4.79 Å². The van der Waals surface area contributed by atoms with Crippen LogP contribution in [0.5, 0.6) is 5.75 Å². The minimum absolute atomic E-state index is 0.0167. The van der Waals surface area contributed by atoms with Crippen LogP contribution in [0.4, 0.5) is 0 Å². The van der Waals surface area contributed by atoms with Crippen molar-refractivity contribution >= 4 is 48.2 Å². The van der Waals surface area contributed by atoms with Crippen LogP contribution in [-0.2, 0) is 30.4 Å². The summed E-state index contributed by atoms with van der Waals surface area (Å²) in [5.74, 6) is -4.95. The maximum atomic E-state index is 13.3. The number of nitrogens with two attached hydrogens (primary N) is 4. The fraction of sp³-hybridized carbons (Fsp3) is 0.455. The van der Waals surface area contributed by atoms with Crippen LogP contribution in [0.25, 0.3) is 0 Å². The molecule has 0 radical (unpaired) electrons. The van der Waals surface area contributed by atoms with Crippen LogP contribution >= 0.6 is 12.6 Å². The Balaban J connectivity index is 3.15. The molecule has 0 bridgehead atoms. The summed E-state index contributed by atoms with van der Waals surface area (Å²) in [5, 5.41) is 26.0. The van der Waals surface area contributed by atoms with Crippen LogP contribution in [0, 0.1) is 0 Å². The van der Waals surface area contributed by atoms with Gasteiger partial charge in [-0.05, 0) is 30.5 Å². The van der Waals surface area contributed by atoms with Gasteiger partial charge >= 0.3 is 5.97 Å². The zero-order chi connectivity index (χ0) is 28.8. The zero-order valence-corrected chi connectivity index (χ0v) is 21.4. The Morgan fingerprint density at radius 2 is 1.45 bits per heavy atom. The van der Waals surface area contributed by atoms with Gasteiger partial charge in [-0.2, -0.15) is 12.6 Å². The van der Waals surface area contributed by atoms with Gasteiger partial charge in [0.05, 0.1) is 12.5 Å². The average Bonchev–Trinajstić information content (AvgIpc) is 2.84. The number of phenolic OH excluding ortho intramolecular Hbond substituents is 1. The van der Waals surface area contributed by atoms with E-state index in [1.807, 2.05) is 0 Å². The Labute approximate surface area is 224 Å². The number of carbonyl (C=O) groups excluding carboxylic acids is 4. The van der Waals surface area contributed by atoms with Crippen molar-refractivity contribution in [1.29, 1.82) is 0 Å². The molecule has 0 spiro atoms. The number of rotatable bonds is 16. The minimum Gasteiger partial charge on any atom is -0.508 e. The zero-order valence-electron chi connectivity index (χ0n) is 20.5. The van der Waals surface area contributed by atoms with E-state index in [0.717, 1.165) is 0 Å². The number of nitrogens with zero attached hydrogens (tertiary/aromatic N) is 1. The van der Waals surface area contributed by atoms with Crippen LogP contribution in [-0.4, -0.2) is 82.2 Å². The molecule has 4 unspecified atom stereocenters. The lowest BCUT2D eigenvalue weighted by molar-refractivity contribution is -0.141. The molecule has 210 valence electrons. The van der Waals surface area contributed by atoms with E-state index in [2.05, 4.69) is 33.6 Å². The minimum atomic E-state index is -1.33. The maximum Gasteiger partial charge on any atom is 0.327 e. The molecule has 13 N–H and O–H groups in total. The second-order valence-corrected chi connectivity index (χ2v) is 8.67. The lowest BCUT2D eigenvalue weighted by Gasteiger charge is -2.25. The van der Waals surface area contributed by atoms with E-state index in [4.69, 9.17) is 22.9 Å². The molecule has 0 aliphatic heterocycles. The van der Waals surface area contributed by atoms with Crippen molar-refractivity contribution in [2.24, 2.45) is 27.9 Å². The molecule has 1 rings (SSSR count). The summed E-state index contributed by atoms with van der Waals surface area (Å²) in [5.41, 5.74) is 21.9. The van der Waals surface area contributed by atoms with E-state index in [-0.39, 0.29) is 43.3 Å². The second kappa shape index (κ2) is 15.9. The molecule has 0 heterocycles. The lowest BCUT2D eigenvalue weighted by atomic mass is 10.0. The highest BCUT2D eigenvalue weighted by atomic mass is 32.1. The molecular formula is C22H34N8O7S. The predicted molar refractivity (Wildman–Crippen MR) is 141 cm³/mol. The van der Waals surface area contributed by atoms with Crippen molar-refractivity contribution in [3.8, 4) is 5.75 Å². The van der Waals surface area contributed by atoms with Gasteiger partial charge in [0.25, 0.3) is 0 Å². The van der Waals surface area contributed by atoms with Crippen LogP contribution < -0.4 is 38.9 Å². The van der Waals surface area contributed by atoms with E-state index in [9.17, 15) is 34.2 Å². The first-order valence-corrected chi connectivity index (χ1v) is 12.1. The number of hydrogen-bond donors (Lipinski definition) is 10. The summed E-state index contributed by atoms with van der Waals surface area (Å²) >= 11 is 3.91. The molecule has 1 aromatic carbocycles. The molecule has 0 aliphatic rings. The monoisotopic (exact) mass is 554 g/mol. The lowest BCUT2D eigenvalue weighted by Crippen LogP contribution is -2.58. The molecule has 38 heavy (non-hydrogen) atoms. The number of thiol groups is 1. The Hall–Kier alpha value is -4.05. The van der Waals surface area contributed by atoms with Gasteiger partial charge in [0.1, 0.15) is 23.9 Å². The first-order valence-electron chi connectivity index (χ1n) is 11.5. The quantitative estimate of drug-likeness (QED) is 0.0419. The van der Waals surface area contributed by atoms with E-state index in [0.29, 0.717) is 5.56 Å². The molecule has 0 saturated carbocycles. The fourth-order valence-electron chi connectivity index (χ4n) is 3.17. The van der Waals surface area contributed by atoms with Gasteiger partial charge in [-0.15, -0.1) is 0 Å². The number of carboxylic acids is 1.